The minimum absolute atomic E-state index is 0.0190. The van der Waals surface area contributed by atoms with Gasteiger partial charge in [0.2, 0.25) is 0 Å². The minimum atomic E-state index is -1.06. The Morgan fingerprint density at radius 1 is 0.307 bits per heavy atom. The third kappa shape index (κ3) is 25.7. The van der Waals surface area contributed by atoms with Gasteiger partial charge in [-0.3, -0.25) is 47.9 Å². The standard InChI is InChI=1S/C76H104N10O15/c1-47(87)53-37-48(22-27-68(53)97-2)43-64(89)59(18-8-13-33-78)83-74(94)55-39-50(24-29-70(55)99-4)45-66(91)61(20-10-15-35-80)85-76(96)57-41-52(26-31-72(57)101-6)46-67(92)62(21-11-16-36-81)86-75(95)56-40-51(25-30-71(56)100-5)44-65(90)60(19-9-14-34-79)84-73(93)54-38-49(23-28-69(54)98-3)42-63(88)58(82)17-7-12-32-77/h22-31,37-41,58-62H,7-21,32-36,42-46,77-82H2,1-6H3,(H,83,94)(H,84,93)(H,85,96)(H,86,95)/t58-,59-,60-,61-,62-/m0/s1. The molecule has 5 aromatic rings. The van der Waals surface area contributed by atoms with Crippen LogP contribution in [0.4, 0.5) is 0 Å². The van der Waals surface area contributed by atoms with Crippen LogP contribution in [0.5, 0.6) is 28.7 Å². The first-order chi connectivity index (χ1) is 48.6. The molecule has 101 heavy (non-hydrogen) atoms. The predicted molar refractivity (Wildman–Crippen MR) is 386 cm³/mol. The number of hydrogen-bond donors (Lipinski definition) is 10. The highest BCUT2D eigenvalue weighted by Gasteiger charge is 2.30. The Kier molecular flexibility index (Phi) is 35.4. The van der Waals surface area contributed by atoms with Crippen molar-refractivity contribution < 1.29 is 71.6 Å². The van der Waals surface area contributed by atoms with E-state index < -0.39 is 65.4 Å². The summed E-state index contributed by atoms with van der Waals surface area (Å²) >= 11 is 0. The number of rotatable bonds is 49. The molecule has 25 heteroatoms. The van der Waals surface area contributed by atoms with E-state index in [9.17, 15) is 47.9 Å². The van der Waals surface area contributed by atoms with Crippen LogP contribution in [0.25, 0.3) is 0 Å². The molecule has 5 atom stereocenters. The molecule has 5 aromatic carbocycles. The van der Waals surface area contributed by atoms with Gasteiger partial charge in [-0.25, -0.2) is 0 Å². The predicted octanol–water partition coefficient (Wildman–Crippen LogP) is 5.66. The largest absolute Gasteiger partial charge is 0.496 e. The van der Waals surface area contributed by atoms with Crippen LogP contribution in [0.3, 0.4) is 0 Å². The van der Waals surface area contributed by atoms with Crippen LogP contribution in [0, 0.1) is 0 Å². The lowest BCUT2D eigenvalue weighted by Gasteiger charge is -2.21. The van der Waals surface area contributed by atoms with Crippen LogP contribution < -0.4 is 79.4 Å². The summed E-state index contributed by atoms with van der Waals surface area (Å²) in [6.07, 6.45) is 6.26. The summed E-state index contributed by atoms with van der Waals surface area (Å²) in [5, 5.41) is 11.5. The average Bonchev–Trinajstić information content (AvgIpc) is 0.841. The first-order valence-electron chi connectivity index (χ1n) is 34.6. The summed E-state index contributed by atoms with van der Waals surface area (Å²) in [5.41, 5.74) is 38.0. The smallest absolute Gasteiger partial charge is 0.255 e. The fourth-order valence-corrected chi connectivity index (χ4v) is 11.8. The number of unbranched alkanes of at least 4 members (excludes halogenated alkanes) is 5. The number of hydrogen-bond acceptors (Lipinski definition) is 21. The van der Waals surface area contributed by atoms with Gasteiger partial charge >= 0.3 is 0 Å². The highest BCUT2D eigenvalue weighted by Crippen LogP contribution is 2.28. The van der Waals surface area contributed by atoms with Gasteiger partial charge in [0, 0.05) is 32.1 Å². The molecule has 0 radical (unpaired) electrons. The zero-order chi connectivity index (χ0) is 74.0. The molecule has 25 nitrogen and oxygen atoms in total. The van der Waals surface area contributed by atoms with Crippen LogP contribution in [0.15, 0.2) is 91.0 Å². The Balaban J connectivity index is 1.34. The van der Waals surface area contributed by atoms with Crippen molar-refractivity contribution in [3.63, 3.8) is 0 Å². The van der Waals surface area contributed by atoms with Crippen LogP contribution in [-0.4, -0.2) is 157 Å². The van der Waals surface area contributed by atoms with Gasteiger partial charge in [0.15, 0.2) is 34.7 Å². The van der Waals surface area contributed by atoms with Gasteiger partial charge in [0.05, 0.1) is 93.6 Å². The summed E-state index contributed by atoms with van der Waals surface area (Å²) in [6, 6.07) is 19.0. The van der Waals surface area contributed by atoms with Gasteiger partial charge < -0.3 is 79.4 Å². The Morgan fingerprint density at radius 2 is 0.515 bits per heavy atom. The van der Waals surface area contributed by atoms with Crippen molar-refractivity contribution in [2.24, 2.45) is 34.4 Å². The quantitative estimate of drug-likeness (QED) is 0.0166. The van der Waals surface area contributed by atoms with Crippen molar-refractivity contribution in [2.45, 2.75) is 166 Å². The van der Waals surface area contributed by atoms with Crippen LogP contribution in [-0.2, 0) is 56.1 Å². The highest BCUT2D eigenvalue weighted by atomic mass is 16.5. The number of ketones is 6. The molecule has 0 fully saturated rings. The summed E-state index contributed by atoms with van der Waals surface area (Å²) in [6.45, 7) is 3.28. The van der Waals surface area contributed by atoms with Crippen molar-refractivity contribution in [3.05, 3.63) is 147 Å². The van der Waals surface area contributed by atoms with E-state index in [0.717, 1.165) is 6.42 Å². The average molecular weight is 1400 g/mol. The number of nitrogens with two attached hydrogens (primary N) is 6. The Hall–Kier alpha value is -9.24. The van der Waals surface area contributed by atoms with Crippen LogP contribution >= 0.6 is 0 Å². The number of nitrogens with one attached hydrogen (secondary N) is 4. The second kappa shape index (κ2) is 43.4. The normalized spacial score (nSPS) is 12.6. The molecule has 0 aliphatic rings. The Labute approximate surface area is 592 Å². The molecule has 0 spiro atoms. The molecule has 0 bridgehead atoms. The summed E-state index contributed by atoms with van der Waals surface area (Å²) in [4.78, 5) is 140. The van der Waals surface area contributed by atoms with Gasteiger partial charge in [0.1, 0.15) is 28.7 Å². The molecule has 5 rings (SSSR count). The first kappa shape index (κ1) is 82.4. The van der Waals surface area contributed by atoms with E-state index in [0.29, 0.717) is 136 Å². The number of carbonyl (C=O) groups is 10. The van der Waals surface area contributed by atoms with E-state index in [2.05, 4.69) is 21.3 Å². The molecule has 0 unspecified atom stereocenters. The molecule has 0 aliphatic carbocycles. The van der Waals surface area contributed by atoms with Crippen molar-refractivity contribution in [1.29, 1.82) is 0 Å². The Morgan fingerprint density at radius 3 is 0.733 bits per heavy atom. The van der Waals surface area contributed by atoms with Gasteiger partial charge in [-0.15, -0.1) is 0 Å². The third-order valence-corrected chi connectivity index (χ3v) is 17.5. The summed E-state index contributed by atoms with van der Waals surface area (Å²) in [5.74, 6) is -3.39. The number of ether oxygens (including phenoxy) is 5. The maximum absolute atomic E-state index is 14.5. The maximum atomic E-state index is 14.5. The monoisotopic (exact) mass is 1400 g/mol. The second-order valence-electron chi connectivity index (χ2n) is 25.1. The van der Waals surface area contributed by atoms with Gasteiger partial charge in [-0.2, -0.15) is 0 Å². The second-order valence-corrected chi connectivity index (χ2v) is 25.1. The van der Waals surface area contributed by atoms with E-state index in [-0.39, 0.29) is 126 Å². The Bertz CT molecular complexity index is 3640. The fraction of sp³-hybridized carbons (Fsp3) is 0.474. The van der Waals surface area contributed by atoms with Gasteiger partial charge in [-0.1, -0.05) is 36.8 Å². The number of methoxy groups -OCH3 is 5. The van der Waals surface area contributed by atoms with E-state index in [1.165, 1.54) is 72.8 Å². The fourth-order valence-electron chi connectivity index (χ4n) is 11.8. The van der Waals surface area contributed by atoms with Crippen LogP contribution in [0.1, 0.15) is 183 Å². The lowest BCUT2D eigenvalue weighted by Crippen LogP contribution is -2.42. The lowest BCUT2D eigenvalue weighted by atomic mass is 9.95. The van der Waals surface area contributed by atoms with Gasteiger partial charge in [0.25, 0.3) is 23.6 Å². The summed E-state index contributed by atoms with van der Waals surface area (Å²) < 4.78 is 27.7. The van der Waals surface area contributed by atoms with Crippen molar-refractivity contribution >= 4 is 58.3 Å². The molecule has 0 heterocycles. The number of carbonyl (C=O) groups excluding carboxylic acids is 10. The molecule has 0 aromatic heterocycles. The maximum Gasteiger partial charge on any atom is 0.255 e. The molecule has 4 amide bonds. The molecule has 0 saturated heterocycles. The van der Waals surface area contributed by atoms with E-state index >= 15 is 0 Å². The molecule has 0 saturated carbocycles. The topological polar surface area (TPSA) is 421 Å². The number of benzene rings is 5. The van der Waals surface area contributed by atoms with Crippen molar-refractivity contribution in [2.75, 3.05) is 68.3 Å². The molecule has 16 N–H and O–H groups in total. The zero-order valence-corrected chi connectivity index (χ0v) is 59.3. The molecule has 548 valence electrons. The minimum Gasteiger partial charge on any atom is -0.496 e. The molecule has 0 aliphatic heterocycles. The molecular weight excluding hydrogens is 1290 g/mol. The van der Waals surface area contributed by atoms with E-state index in [4.69, 9.17) is 58.1 Å². The highest BCUT2D eigenvalue weighted by molar-refractivity contribution is 6.05. The SMILES string of the molecule is COc1ccc(CC(=O)[C@H](CCCCN)NC(=O)c2cc(CC(=O)[C@H](CCCCN)NC(=O)c3cc(CC(=O)[C@H](CCCCN)NC(=O)c4cc(CC(=O)[C@H](CCCCN)NC(=O)c5cc(CC(=O)[C@@H](N)CCCCN)ccc5OC)ccc4OC)ccc3OC)ccc2OC)cc1C(C)=O. The van der Waals surface area contributed by atoms with E-state index in [1.54, 1.807) is 60.7 Å². The lowest BCUT2D eigenvalue weighted by molar-refractivity contribution is -0.121. The van der Waals surface area contributed by atoms with Gasteiger partial charge in [-0.05, 0) is 218 Å². The van der Waals surface area contributed by atoms with E-state index in [1.807, 2.05) is 0 Å². The van der Waals surface area contributed by atoms with Crippen LogP contribution in [0.2, 0.25) is 0 Å². The third-order valence-electron chi connectivity index (χ3n) is 17.5. The van der Waals surface area contributed by atoms with Crippen molar-refractivity contribution in [1.82, 2.24) is 21.3 Å². The van der Waals surface area contributed by atoms with Crippen molar-refractivity contribution in [3.8, 4) is 28.7 Å². The zero-order valence-electron chi connectivity index (χ0n) is 59.3. The summed E-state index contributed by atoms with van der Waals surface area (Å²) in [7, 11) is 7.00. The molecular formula is C76H104N10O15. The number of Topliss-reactive ketones (excluding diaryl/α,β-unsaturated/α-hetero) is 6. The first-order valence-corrected chi connectivity index (χ1v) is 34.6. The number of amides is 4.